The van der Waals surface area contributed by atoms with Gasteiger partial charge < -0.3 is 20.8 Å². The van der Waals surface area contributed by atoms with E-state index in [1.165, 1.54) is 0 Å². The lowest BCUT2D eigenvalue weighted by molar-refractivity contribution is 0.0930. The molecule has 37 heavy (non-hydrogen) atoms. The van der Waals surface area contributed by atoms with Gasteiger partial charge in [0.1, 0.15) is 5.75 Å². The molecule has 1 unspecified atom stereocenters. The van der Waals surface area contributed by atoms with Crippen molar-refractivity contribution in [3.8, 4) is 22.9 Å². The van der Waals surface area contributed by atoms with Gasteiger partial charge in [-0.15, -0.1) is 0 Å². The number of benzene rings is 3. The number of para-hydroxylation sites is 1. The number of H-pyrrole nitrogens is 1. The number of nitrogens with zero attached hydrogens (tertiary/aromatic N) is 1. The zero-order chi connectivity index (χ0) is 26.5. The maximum atomic E-state index is 13.5. The number of carbonyl (C=O) groups excluding carboxylic acids is 2. The molecule has 0 spiro atoms. The van der Waals surface area contributed by atoms with Gasteiger partial charge in [0, 0.05) is 23.1 Å². The molecular weight excluding hydrogens is 488 g/mol. The van der Waals surface area contributed by atoms with Gasteiger partial charge in [-0.2, -0.15) is 5.26 Å². The smallest absolute Gasteiger partial charge is 0.255 e. The maximum absolute atomic E-state index is 13.5. The first-order valence-corrected chi connectivity index (χ1v) is 12.3. The highest BCUT2D eigenvalue weighted by Crippen LogP contribution is 2.30. The van der Waals surface area contributed by atoms with Crippen LogP contribution in [0.15, 0.2) is 66.9 Å². The second-order valence-electron chi connectivity index (χ2n) is 9.03. The van der Waals surface area contributed by atoms with E-state index in [1.807, 2.05) is 50.4 Å². The number of rotatable bonds is 9. The molecule has 188 valence electrons. The first kappa shape index (κ1) is 25.8. The highest BCUT2D eigenvalue weighted by molar-refractivity contribution is 6.34. The molecule has 0 saturated carbocycles. The Morgan fingerprint density at radius 1 is 1.08 bits per heavy atom. The number of nitrogens with one attached hydrogen (secondary N) is 2. The molecule has 4 N–H and O–H groups in total. The van der Waals surface area contributed by atoms with E-state index in [2.05, 4.69) is 16.4 Å². The fourth-order valence-corrected chi connectivity index (χ4v) is 4.53. The Bertz CT molecular complexity index is 1500. The molecule has 1 aromatic heterocycles. The topological polar surface area (TPSA) is 121 Å². The summed E-state index contributed by atoms with van der Waals surface area (Å²) in [5, 5.41) is 13.7. The minimum Gasteiger partial charge on any atom is -0.490 e. The number of aromatic amines is 1. The number of halogens is 1. The number of aromatic nitrogens is 1. The third-order valence-corrected chi connectivity index (χ3v) is 6.28. The number of amides is 2. The molecule has 3 aromatic carbocycles. The van der Waals surface area contributed by atoms with Crippen molar-refractivity contribution in [3.05, 3.63) is 88.6 Å². The molecule has 2 amide bonds. The number of hydrogen-bond donors (Lipinski definition) is 3. The number of hydrogen-bond acceptors (Lipinski definition) is 4. The second-order valence-corrected chi connectivity index (χ2v) is 9.44. The van der Waals surface area contributed by atoms with Gasteiger partial charge in [-0.25, -0.2) is 0 Å². The second kappa shape index (κ2) is 11.2. The van der Waals surface area contributed by atoms with Crippen molar-refractivity contribution in [2.45, 2.75) is 38.8 Å². The zero-order valence-corrected chi connectivity index (χ0v) is 21.3. The summed E-state index contributed by atoms with van der Waals surface area (Å²) >= 11 is 6.25. The van der Waals surface area contributed by atoms with E-state index in [0.29, 0.717) is 28.9 Å². The van der Waals surface area contributed by atoms with E-state index in [-0.39, 0.29) is 29.0 Å². The Morgan fingerprint density at radius 2 is 1.81 bits per heavy atom. The molecule has 0 radical (unpaired) electrons. The van der Waals surface area contributed by atoms with Crippen molar-refractivity contribution in [2.75, 3.05) is 0 Å². The van der Waals surface area contributed by atoms with Gasteiger partial charge in [0.25, 0.3) is 5.91 Å². The molecule has 8 heteroatoms. The Kier molecular flexibility index (Phi) is 7.80. The van der Waals surface area contributed by atoms with E-state index in [9.17, 15) is 14.9 Å². The van der Waals surface area contributed by atoms with Gasteiger partial charge in [0.05, 0.1) is 34.7 Å². The largest absolute Gasteiger partial charge is 0.490 e. The molecule has 0 aliphatic carbocycles. The highest BCUT2D eigenvalue weighted by Gasteiger charge is 2.21. The lowest BCUT2D eigenvalue weighted by Gasteiger charge is -2.19. The molecule has 4 rings (SSSR count). The molecule has 1 atom stereocenters. The molecule has 0 saturated heterocycles. The van der Waals surface area contributed by atoms with Gasteiger partial charge in [-0.05, 0) is 67.3 Å². The van der Waals surface area contributed by atoms with E-state index in [0.717, 1.165) is 16.5 Å². The Labute approximate surface area is 220 Å². The number of carbonyl (C=O) groups is 2. The fraction of sp³-hybridized carbons (Fsp3) is 0.207. The molecule has 1 heterocycles. The molecule has 0 bridgehead atoms. The molecule has 4 aromatic rings. The van der Waals surface area contributed by atoms with E-state index >= 15 is 0 Å². The Morgan fingerprint density at radius 3 is 2.51 bits per heavy atom. The Hall–Kier alpha value is -4.28. The minimum atomic E-state index is -0.615. The summed E-state index contributed by atoms with van der Waals surface area (Å²) in [6.45, 7) is 3.76. The molecule has 0 fully saturated rings. The normalized spacial score (nSPS) is 11.8. The first-order chi connectivity index (χ1) is 17.8. The van der Waals surface area contributed by atoms with Crippen molar-refractivity contribution < 1.29 is 14.3 Å². The number of nitriles is 1. The van der Waals surface area contributed by atoms with E-state index in [4.69, 9.17) is 22.1 Å². The lowest BCUT2D eigenvalue weighted by atomic mass is 9.99. The van der Waals surface area contributed by atoms with Crippen molar-refractivity contribution in [2.24, 2.45) is 5.73 Å². The number of nitrogens with two attached hydrogens (primary N) is 1. The summed E-state index contributed by atoms with van der Waals surface area (Å²) in [4.78, 5) is 28.3. The summed E-state index contributed by atoms with van der Waals surface area (Å²) in [5.74, 6) is -0.535. The van der Waals surface area contributed by atoms with Crippen LogP contribution in [0.25, 0.3) is 22.0 Å². The van der Waals surface area contributed by atoms with E-state index < -0.39 is 11.9 Å². The zero-order valence-electron chi connectivity index (χ0n) is 20.5. The lowest BCUT2D eigenvalue weighted by Crippen LogP contribution is -2.36. The van der Waals surface area contributed by atoms with Crippen LogP contribution in [0.2, 0.25) is 5.02 Å². The molecule has 0 aliphatic heterocycles. The van der Waals surface area contributed by atoms with Crippen molar-refractivity contribution in [1.82, 2.24) is 10.3 Å². The van der Waals surface area contributed by atoms with Gasteiger partial charge >= 0.3 is 0 Å². The van der Waals surface area contributed by atoms with Crippen LogP contribution in [-0.2, 0) is 6.42 Å². The third-order valence-electron chi connectivity index (χ3n) is 5.97. The molecule has 7 nitrogen and oxygen atoms in total. The summed E-state index contributed by atoms with van der Waals surface area (Å²) < 4.78 is 5.92. The monoisotopic (exact) mass is 514 g/mol. The SMILES string of the molecule is CC(C)Oc1ccc(-c2ccc(C(N)=O)c(Cl)c2)cc1C(=O)NC(CC#N)Cc1c[nH]c2ccccc12. The van der Waals surface area contributed by atoms with Crippen LogP contribution < -0.4 is 15.8 Å². The van der Waals surface area contributed by atoms with Crippen LogP contribution in [0.5, 0.6) is 5.75 Å². The first-order valence-electron chi connectivity index (χ1n) is 11.9. The fourth-order valence-electron chi connectivity index (χ4n) is 4.25. The predicted molar refractivity (Wildman–Crippen MR) is 145 cm³/mol. The van der Waals surface area contributed by atoms with Crippen molar-refractivity contribution >= 4 is 34.3 Å². The number of primary amides is 1. The summed E-state index contributed by atoms with van der Waals surface area (Å²) in [5.41, 5.74) is 9.38. The van der Waals surface area contributed by atoms with Crippen LogP contribution in [-0.4, -0.2) is 28.9 Å². The number of ether oxygens (including phenoxy) is 1. The maximum Gasteiger partial charge on any atom is 0.255 e. The van der Waals surface area contributed by atoms with Crippen LogP contribution in [0.1, 0.15) is 46.5 Å². The molecular formula is C29H27ClN4O3. The van der Waals surface area contributed by atoms with Crippen LogP contribution in [0, 0.1) is 11.3 Å². The van der Waals surface area contributed by atoms with Crippen molar-refractivity contribution in [1.29, 1.82) is 5.26 Å². The van der Waals surface area contributed by atoms with Gasteiger partial charge in [-0.3, -0.25) is 9.59 Å². The van der Waals surface area contributed by atoms with Crippen LogP contribution in [0.4, 0.5) is 0 Å². The average Bonchev–Trinajstić information content (AvgIpc) is 3.26. The van der Waals surface area contributed by atoms with Gasteiger partial charge in [0.15, 0.2) is 0 Å². The van der Waals surface area contributed by atoms with Gasteiger partial charge in [-0.1, -0.05) is 41.9 Å². The third kappa shape index (κ3) is 5.93. The summed E-state index contributed by atoms with van der Waals surface area (Å²) in [7, 11) is 0. The van der Waals surface area contributed by atoms with Crippen LogP contribution >= 0.6 is 11.6 Å². The predicted octanol–water partition coefficient (Wildman–Crippen LogP) is 5.63. The summed E-state index contributed by atoms with van der Waals surface area (Å²) in [6, 6.07) is 19.9. The minimum absolute atomic E-state index is 0.148. The van der Waals surface area contributed by atoms with Crippen molar-refractivity contribution in [3.63, 3.8) is 0 Å². The van der Waals surface area contributed by atoms with Gasteiger partial charge in [0.2, 0.25) is 5.91 Å². The summed E-state index contributed by atoms with van der Waals surface area (Å²) in [6.07, 6.45) is 2.40. The van der Waals surface area contributed by atoms with E-state index in [1.54, 1.807) is 30.3 Å². The quantitative estimate of drug-likeness (QED) is 0.268. The standard InChI is InChI=1S/C29H27ClN4O3/c1-17(2)37-27-10-8-18(19-7-9-23(28(32)35)25(30)15-19)14-24(27)29(36)34-21(11-12-31)13-20-16-33-26-6-4-3-5-22(20)26/h3-10,14-17,21,33H,11,13H2,1-2H3,(H2,32,35)(H,34,36). The highest BCUT2D eigenvalue weighted by atomic mass is 35.5. The Balaban J connectivity index is 1.65. The van der Waals surface area contributed by atoms with Crippen LogP contribution in [0.3, 0.4) is 0 Å². The molecule has 0 aliphatic rings. The average molecular weight is 515 g/mol. The number of fused-ring (bicyclic) bond motifs is 1.